The number of nitrogens with one attached hydrogen (secondary N) is 1. The predicted molar refractivity (Wildman–Crippen MR) is 66.9 cm³/mol. The monoisotopic (exact) mass is 235 g/mol. The molecule has 1 aromatic heterocycles. The largest absolute Gasteiger partial charge is 0.314 e. The highest BCUT2D eigenvalue weighted by Crippen LogP contribution is 2.18. The second kappa shape index (κ2) is 5.00. The Morgan fingerprint density at radius 2 is 2.41 bits per heavy atom. The van der Waals surface area contributed by atoms with Gasteiger partial charge in [-0.2, -0.15) is 5.10 Å². The number of rotatable bonds is 4. The van der Waals surface area contributed by atoms with E-state index in [0.717, 1.165) is 18.7 Å². The van der Waals surface area contributed by atoms with Crippen molar-refractivity contribution in [3.63, 3.8) is 0 Å². The molecule has 2 rings (SSSR count). The summed E-state index contributed by atoms with van der Waals surface area (Å²) in [6, 6.07) is 2.62. The SMILES string of the molecule is CC1NCCC1C(=O)Cc1ccn(C(C)C)n1. The summed E-state index contributed by atoms with van der Waals surface area (Å²) in [5.41, 5.74) is 0.891. The van der Waals surface area contributed by atoms with Crippen molar-refractivity contribution < 1.29 is 4.79 Å². The molecule has 1 fully saturated rings. The van der Waals surface area contributed by atoms with Crippen LogP contribution in [0.3, 0.4) is 0 Å². The van der Waals surface area contributed by atoms with Gasteiger partial charge < -0.3 is 5.32 Å². The third kappa shape index (κ3) is 2.75. The lowest BCUT2D eigenvalue weighted by molar-refractivity contribution is -0.122. The van der Waals surface area contributed by atoms with Gasteiger partial charge in [0.2, 0.25) is 0 Å². The smallest absolute Gasteiger partial charge is 0.143 e. The van der Waals surface area contributed by atoms with Crippen LogP contribution in [0.15, 0.2) is 12.3 Å². The van der Waals surface area contributed by atoms with Crippen LogP contribution in [0.1, 0.15) is 38.9 Å². The maximum atomic E-state index is 12.1. The normalized spacial score (nSPS) is 24.5. The van der Waals surface area contributed by atoms with Gasteiger partial charge in [-0.15, -0.1) is 0 Å². The van der Waals surface area contributed by atoms with Crippen LogP contribution in [-0.2, 0) is 11.2 Å². The second-order valence-corrected chi connectivity index (χ2v) is 5.16. The van der Waals surface area contributed by atoms with Crippen LogP contribution < -0.4 is 5.32 Å². The highest BCUT2D eigenvalue weighted by molar-refractivity contribution is 5.83. The molecule has 1 saturated heterocycles. The average Bonchev–Trinajstić information content (AvgIpc) is 2.86. The molecule has 1 aromatic rings. The molecule has 4 nitrogen and oxygen atoms in total. The Bertz CT molecular complexity index is 397. The Morgan fingerprint density at radius 3 is 2.94 bits per heavy atom. The Labute approximate surface area is 102 Å². The lowest BCUT2D eigenvalue weighted by Gasteiger charge is -2.12. The molecule has 0 aromatic carbocycles. The maximum Gasteiger partial charge on any atom is 0.143 e. The number of carbonyl (C=O) groups is 1. The standard InChI is InChI=1S/C13H21N3O/c1-9(2)16-7-5-11(15-16)8-13(17)12-4-6-14-10(12)3/h5,7,9-10,12,14H,4,6,8H2,1-3H3. The van der Waals surface area contributed by atoms with Crippen LogP contribution in [0.4, 0.5) is 0 Å². The van der Waals surface area contributed by atoms with E-state index in [4.69, 9.17) is 0 Å². The first kappa shape index (κ1) is 12.3. The van der Waals surface area contributed by atoms with E-state index in [0.29, 0.717) is 24.3 Å². The van der Waals surface area contributed by atoms with Crippen LogP contribution in [0, 0.1) is 5.92 Å². The Morgan fingerprint density at radius 1 is 1.65 bits per heavy atom. The summed E-state index contributed by atoms with van der Waals surface area (Å²) in [7, 11) is 0. The lowest BCUT2D eigenvalue weighted by atomic mass is 9.94. The minimum absolute atomic E-state index is 0.166. The van der Waals surface area contributed by atoms with Crippen molar-refractivity contribution in [2.75, 3.05) is 6.54 Å². The van der Waals surface area contributed by atoms with Crippen LogP contribution in [-0.4, -0.2) is 28.2 Å². The number of Topliss-reactive ketones (excluding diaryl/α,β-unsaturated/α-hetero) is 1. The van der Waals surface area contributed by atoms with Gasteiger partial charge in [-0.3, -0.25) is 9.48 Å². The molecule has 1 N–H and O–H groups in total. The van der Waals surface area contributed by atoms with Gasteiger partial charge in [0.25, 0.3) is 0 Å². The minimum Gasteiger partial charge on any atom is -0.314 e. The molecule has 0 spiro atoms. The quantitative estimate of drug-likeness (QED) is 0.861. The Hall–Kier alpha value is -1.16. The van der Waals surface area contributed by atoms with Crippen LogP contribution in [0.2, 0.25) is 0 Å². The highest BCUT2D eigenvalue weighted by Gasteiger charge is 2.29. The highest BCUT2D eigenvalue weighted by atomic mass is 16.1. The van der Waals surface area contributed by atoms with Gasteiger partial charge >= 0.3 is 0 Å². The summed E-state index contributed by atoms with van der Waals surface area (Å²) in [5, 5.41) is 7.73. The summed E-state index contributed by atoms with van der Waals surface area (Å²) < 4.78 is 1.90. The fourth-order valence-electron chi connectivity index (χ4n) is 2.37. The number of aromatic nitrogens is 2. The Balaban J connectivity index is 1.97. The van der Waals surface area contributed by atoms with Crippen molar-refractivity contribution in [1.82, 2.24) is 15.1 Å². The van der Waals surface area contributed by atoms with E-state index in [2.05, 4.69) is 31.2 Å². The topological polar surface area (TPSA) is 46.9 Å². The second-order valence-electron chi connectivity index (χ2n) is 5.16. The zero-order valence-electron chi connectivity index (χ0n) is 10.8. The predicted octanol–water partition coefficient (Wildman–Crippen LogP) is 1.57. The number of hydrogen-bond donors (Lipinski definition) is 1. The van der Waals surface area contributed by atoms with Gasteiger partial charge in [-0.25, -0.2) is 0 Å². The van der Waals surface area contributed by atoms with Crippen molar-refractivity contribution in [2.45, 2.75) is 45.7 Å². The zero-order chi connectivity index (χ0) is 12.4. The van der Waals surface area contributed by atoms with E-state index in [9.17, 15) is 4.79 Å². The van der Waals surface area contributed by atoms with Gasteiger partial charge in [0, 0.05) is 24.2 Å². The summed E-state index contributed by atoms with van der Waals surface area (Å²) in [6.45, 7) is 7.21. The number of carbonyl (C=O) groups excluding carboxylic acids is 1. The molecule has 0 saturated carbocycles. The third-order valence-corrected chi connectivity index (χ3v) is 3.49. The molecular formula is C13H21N3O. The van der Waals surface area contributed by atoms with Crippen molar-refractivity contribution >= 4 is 5.78 Å². The van der Waals surface area contributed by atoms with Gasteiger partial charge in [0.05, 0.1) is 12.1 Å². The van der Waals surface area contributed by atoms with Crippen LogP contribution in [0.25, 0.3) is 0 Å². The fraction of sp³-hybridized carbons (Fsp3) is 0.692. The maximum absolute atomic E-state index is 12.1. The molecule has 2 unspecified atom stereocenters. The lowest BCUT2D eigenvalue weighted by Crippen LogP contribution is -2.29. The first-order valence-corrected chi connectivity index (χ1v) is 6.38. The van der Waals surface area contributed by atoms with Gasteiger partial charge in [0.1, 0.15) is 5.78 Å². The molecular weight excluding hydrogens is 214 g/mol. The summed E-state index contributed by atoms with van der Waals surface area (Å²) in [6.07, 6.45) is 3.38. The molecule has 0 aliphatic carbocycles. The van der Waals surface area contributed by atoms with Crippen molar-refractivity contribution in [3.8, 4) is 0 Å². The van der Waals surface area contributed by atoms with Crippen molar-refractivity contribution in [2.24, 2.45) is 5.92 Å². The minimum atomic E-state index is 0.166. The van der Waals surface area contributed by atoms with Gasteiger partial charge in [-0.1, -0.05) is 0 Å². The van der Waals surface area contributed by atoms with E-state index >= 15 is 0 Å². The summed E-state index contributed by atoms with van der Waals surface area (Å²) in [5.74, 6) is 0.482. The summed E-state index contributed by atoms with van der Waals surface area (Å²) >= 11 is 0. The molecule has 2 heterocycles. The van der Waals surface area contributed by atoms with Gasteiger partial charge in [0.15, 0.2) is 0 Å². The molecule has 17 heavy (non-hydrogen) atoms. The van der Waals surface area contributed by atoms with Crippen LogP contribution in [0.5, 0.6) is 0 Å². The molecule has 0 radical (unpaired) electrons. The average molecular weight is 235 g/mol. The van der Waals surface area contributed by atoms with Crippen LogP contribution >= 0.6 is 0 Å². The third-order valence-electron chi connectivity index (χ3n) is 3.49. The summed E-state index contributed by atoms with van der Waals surface area (Å²) in [4.78, 5) is 12.1. The molecule has 2 atom stereocenters. The van der Waals surface area contributed by atoms with Crippen molar-refractivity contribution in [3.05, 3.63) is 18.0 Å². The van der Waals surface area contributed by atoms with E-state index in [1.165, 1.54) is 0 Å². The molecule has 94 valence electrons. The molecule has 0 amide bonds. The number of hydrogen-bond acceptors (Lipinski definition) is 3. The van der Waals surface area contributed by atoms with Crippen molar-refractivity contribution in [1.29, 1.82) is 0 Å². The van der Waals surface area contributed by atoms with E-state index in [1.54, 1.807) is 0 Å². The van der Waals surface area contributed by atoms with E-state index in [-0.39, 0.29) is 5.92 Å². The number of ketones is 1. The first-order chi connectivity index (χ1) is 8.08. The molecule has 1 aliphatic rings. The number of nitrogens with zero attached hydrogens (tertiary/aromatic N) is 2. The first-order valence-electron chi connectivity index (χ1n) is 6.38. The fourth-order valence-corrected chi connectivity index (χ4v) is 2.37. The zero-order valence-corrected chi connectivity index (χ0v) is 10.8. The molecule has 4 heteroatoms. The molecule has 0 bridgehead atoms. The Kier molecular flexibility index (Phi) is 3.62. The van der Waals surface area contributed by atoms with Gasteiger partial charge in [-0.05, 0) is 39.8 Å². The van der Waals surface area contributed by atoms with E-state index < -0.39 is 0 Å². The van der Waals surface area contributed by atoms with E-state index in [1.807, 2.05) is 16.9 Å². The molecule has 1 aliphatic heterocycles.